The Kier molecular flexibility index (Phi) is 5.92. The number of carbonyl (C=O) groups excluding carboxylic acids is 2. The third-order valence-corrected chi connectivity index (χ3v) is 5.89. The Bertz CT molecular complexity index is 1360. The number of hydrogen-bond donors (Lipinski definition) is 1. The largest absolute Gasteiger partial charge is 0.545 e. The van der Waals surface area contributed by atoms with Crippen LogP contribution in [0, 0.1) is 0 Å². The molecule has 3 aromatic rings. The van der Waals surface area contributed by atoms with E-state index in [1.165, 1.54) is 6.07 Å². The zero-order valence-corrected chi connectivity index (χ0v) is 19.7. The normalized spacial score (nSPS) is 11.8. The Morgan fingerprint density at radius 1 is 1.03 bits per heavy atom. The monoisotopic (exact) mass is 539 g/mol. The van der Waals surface area contributed by atoms with E-state index < -0.39 is 5.97 Å². The molecule has 6 nitrogen and oxygen atoms in total. The van der Waals surface area contributed by atoms with E-state index in [0.717, 1.165) is 27.3 Å². The maximum atomic E-state index is 12.1. The number of hydrogen-bond acceptors (Lipinski definition) is 5. The number of nitrogens with zero attached hydrogens (tertiary/aromatic N) is 1. The molecule has 1 aliphatic rings. The predicted molar refractivity (Wildman–Crippen MR) is 132 cm³/mol. The molecule has 1 N–H and O–H groups in total. The SMILES string of the molecule is C=c1ccc2c(c1)Oc1cc(N(C)C)ccc1C=2c1ccc(NC(=O)CI)cc1C(=O)[O-]. The van der Waals surface area contributed by atoms with E-state index in [0.29, 0.717) is 22.7 Å². The van der Waals surface area contributed by atoms with Crippen molar-refractivity contribution in [2.75, 3.05) is 28.7 Å². The van der Waals surface area contributed by atoms with E-state index in [2.05, 4.69) is 11.9 Å². The highest BCUT2D eigenvalue weighted by Gasteiger charge is 2.23. The Balaban J connectivity index is 2.01. The smallest absolute Gasteiger partial charge is 0.234 e. The molecule has 0 aromatic heterocycles. The summed E-state index contributed by atoms with van der Waals surface area (Å²) in [4.78, 5) is 25.9. The molecule has 0 fully saturated rings. The van der Waals surface area contributed by atoms with Gasteiger partial charge in [-0.2, -0.15) is 0 Å². The van der Waals surface area contributed by atoms with E-state index in [1.54, 1.807) is 12.1 Å². The number of alkyl halides is 1. The maximum absolute atomic E-state index is 12.1. The molecule has 1 aliphatic heterocycles. The van der Waals surface area contributed by atoms with Gasteiger partial charge in [-0.25, -0.2) is 0 Å². The van der Waals surface area contributed by atoms with E-state index >= 15 is 0 Å². The molecule has 0 radical (unpaired) electrons. The van der Waals surface area contributed by atoms with Crippen LogP contribution in [0.5, 0.6) is 11.5 Å². The number of anilines is 2. The Morgan fingerprint density at radius 2 is 1.78 bits per heavy atom. The number of aromatic carboxylic acids is 1. The number of nitrogens with one attached hydrogen (secondary N) is 1. The summed E-state index contributed by atoms with van der Waals surface area (Å²) in [5.41, 5.74) is 3.32. The van der Waals surface area contributed by atoms with Crippen molar-refractivity contribution in [3.63, 3.8) is 0 Å². The van der Waals surface area contributed by atoms with Gasteiger partial charge >= 0.3 is 0 Å². The van der Waals surface area contributed by atoms with Gasteiger partial charge in [-0.1, -0.05) is 47.4 Å². The number of carboxylic acid groups (broad SMARTS) is 1. The van der Waals surface area contributed by atoms with Crippen LogP contribution in [-0.4, -0.2) is 30.4 Å². The molecular formula is C25H20IN2O4-. The lowest BCUT2D eigenvalue weighted by Crippen LogP contribution is -2.26. The number of carboxylic acids is 1. The number of fused-ring (bicyclic) bond motifs is 2. The summed E-state index contributed by atoms with van der Waals surface area (Å²) in [5, 5.41) is 16.3. The van der Waals surface area contributed by atoms with Gasteiger partial charge in [0, 0.05) is 53.5 Å². The number of benzene rings is 3. The highest BCUT2D eigenvalue weighted by molar-refractivity contribution is 14.1. The summed E-state index contributed by atoms with van der Waals surface area (Å²) in [6.07, 6.45) is 0. The number of halogens is 1. The Hall–Kier alpha value is -3.33. The van der Waals surface area contributed by atoms with Crippen LogP contribution in [0.3, 0.4) is 0 Å². The first kappa shape index (κ1) is 21.9. The minimum atomic E-state index is -1.33. The lowest BCUT2D eigenvalue weighted by molar-refractivity contribution is -0.255. The van der Waals surface area contributed by atoms with E-state index in [-0.39, 0.29) is 15.9 Å². The molecule has 0 bridgehead atoms. The van der Waals surface area contributed by atoms with Gasteiger partial charge in [-0.15, -0.1) is 0 Å². The molecule has 3 aromatic carbocycles. The average Bonchev–Trinajstić information content (AvgIpc) is 2.76. The van der Waals surface area contributed by atoms with Crippen molar-refractivity contribution in [2.45, 2.75) is 0 Å². The summed E-state index contributed by atoms with van der Waals surface area (Å²) >= 11 is 1.95. The first-order chi connectivity index (χ1) is 15.3. The first-order valence-electron chi connectivity index (χ1n) is 9.83. The second-order valence-electron chi connectivity index (χ2n) is 7.61. The fourth-order valence-corrected chi connectivity index (χ4v) is 3.89. The fraction of sp³-hybridized carbons (Fsp3) is 0.120. The second kappa shape index (κ2) is 8.66. The van der Waals surface area contributed by atoms with Crippen molar-refractivity contribution >= 4 is 58.0 Å². The van der Waals surface area contributed by atoms with Crippen LogP contribution >= 0.6 is 22.6 Å². The van der Waals surface area contributed by atoms with Crippen molar-refractivity contribution in [3.05, 3.63) is 81.7 Å². The molecule has 0 atom stereocenters. The summed E-state index contributed by atoms with van der Waals surface area (Å²) in [5.74, 6) is -0.319. The third kappa shape index (κ3) is 4.08. The van der Waals surface area contributed by atoms with Crippen LogP contribution in [0.2, 0.25) is 0 Å². The summed E-state index contributed by atoms with van der Waals surface area (Å²) in [6.45, 7) is 3.98. The Morgan fingerprint density at radius 3 is 2.47 bits per heavy atom. The van der Waals surface area contributed by atoms with Crippen LogP contribution in [0.1, 0.15) is 21.5 Å². The van der Waals surface area contributed by atoms with Gasteiger partial charge in [-0.05, 0) is 41.1 Å². The standard InChI is InChI=1S/C25H21IN2O4/c1-14-4-7-18-21(10-14)32-22-12-16(28(2)3)6-9-19(22)24(18)17-8-5-15(27-23(29)13-26)11-20(17)25(30)31/h4-12H,1,13H2,2-3H3,(H,27,29)(H,30,31)/p-1. The number of amides is 1. The van der Waals surface area contributed by atoms with Crippen molar-refractivity contribution in [1.29, 1.82) is 0 Å². The molecule has 32 heavy (non-hydrogen) atoms. The highest BCUT2D eigenvalue weighted by Crippen LogP contribution is 2.39. The van der Waals surface area contributed by atoms with Crippen molar-refractivity contribution < 1.29 is 19.4 Å². The van der Waals surface area contributed by atoms with Gasteiger partial charge in [0.2, 0.25) is 5.91 Å². The summed E-state index contributed by atoms with van der Waals surface area (Å²) in [7, 11) is 3.88. The molecule has 0 aliphatic carbocycles. The highest BCUT2D eigenvalue weighted by atomic mass is 127. The number of carbonyl (C=O) groups is 2. The lowest BCUT2D eigenvalue weighted by atomic mass is 9.89. The molecule has 0 unspecified atom stereocenters. The zero-order valence-electron chi connectivity index (χ0n) is 17.6. The van der Waals surface area contributed by atoms with Crippen LogP contribution in [-0.2, 0) is 4.79 Å². The predicted octanol–water partition coefficient (Wildman–Crippen LogP) is 2.25. The molecule has 4 rings (SSSR count). The molecule has 1 heterocycles. The first-order valence-corrected chi connectivity index (χ1v) is 11.4. The minimum absolute atomic E-state index is 0.0135. The van der Waals surface area contributed by atoms with Crippen molar-refractivity contribution in [2.24, 2.45) is 0 Å². The van der Waals surface area contributed by atoms with Gasteiger partial charge in [0.25, 0.3) is 0 Å². The van der Waals surface area contributed by atoms with Gasteiger partial charge in [-0.3, -0.25) is 4.79 Å². The molecular weight excluding hydrogens is 519 g/mol. The summed E-state index contributed by atoms with van der Waals surface area (Å²) < 4.78 is 6.44. The minimum Gasteiger partial charge on any atom is -0.545 e. The fourth-order valence-electron chi connectivity index (χ4n) is 3.69. The molecule has 0 saturated carbocycles. The average molecular weight is 539 g/mol. The van der Waals surface area contributed by atoms with Crippen LogP contribution < -0.4 is 30.5 Å². The van der Waals surface area contributed by atoms with Gasteiger partial charge in [0.15, 0.2) is 0 Å². The van der Waals surface area contributed by atoms with Crippen molar-refractivity contribution in [1.82, 2.24) is 0 Å². The van der Waals surface area contributed by atoms with Crippen molar-refractivity contribution in [3.8, 4) is 11.5 Å². The second-order valence-corrected chi connectivity index (χ2v) is 8.37. The Labute approximate surface area is 199 Å². The third-order valence-electron chi connectivity index (χ3n) is 5.20. The van der Waals surface area contributed by atoms with Gasteiger partial charge < -0.3 is 24.9 Å². The zero-order chi connectivity index (χ0) is 23.0. The lowest BCUT2D eigenvalue weighted by Gasteiger charge is -2.25. The van der Waals surface area contributed by atoms with E-state index in [4.69, 9.17) is 4.74 Å². The molecule has 162 valence electrons. The molecule has 0 saturated heterocycles. The topological polar surface area (TPSA) is 81.7 Å². The quantitative estimate of drug-likeness (QED) is 0.311. The molecule has 7 heteroatoms. The van der Waals surface area contributed by atoms with E-state index in [9.17, 15) is 14.7 Å². The maximum Gasteiger partial charge on any atom is 0.234 e. The molecule has 1 amide bonds. The number of rotatable bonds is 5. The van der Waals surface area contributed by atoms with Crippen LogP contribution in [0.4, 0.5) is 11.4 Å². The van der Waals surface area contributed by atoms with Crippen LogP contribution in [0.15, 0.2) is 54.6 Å². The number of ether oxygens (including phenoxy) is 1. The summed E-state index contributed by atoms with van der Waals surface area (Å²) in [6, 6.07) is 16.2. The van der Waals surface area contributed by atoms with E-state index in [1.807, 2.05) is 78.0 Å². The van der Waals surface area contributed by atoms with Gasteiger partial charge in [0.1, 0.15) is 11.5 Å². The molecule has 0 spiro atoms. The van der Waals surface area contributed by atoms with Crippen LogP contribution in [0.25, 0.3) is 12.2 Å². The van der Waals surface area contributed by atoms with Gasteiger partial charge in [0.05, 0.1) is 10.4 Å².